The summed E-state index contributed by atoms with van der Waals surface area (Å²) >= 11 is 0. The normalized spacial score (nSPS) is 11.6. The van der Waals surface area contributed by atoms with Crippen LogP contribution in [0.3, 0.4) is 0 Å². The zero-order valence-corrected chi connectivity index (χ0v) is 20.9. The standard InChI is InChI=1S/C33H25O2P/c1-35-30-22-20-24-12-8-10-18-28(24)32(30)33-29-19-11-9-13-25(29)21-23-31(33)36(34,26-14-4-2-5-15-26)27-16-6-3-7-17-27/h2-23H,1H3. The van der Waals surface area contributed by atoms with E-state index < -0.39 is 7.14 Å². The maximum atomic E-state index is 15.6. The fourth-order valence-electron chi connectivity index (χ4n) is 5.17. The maximum absolute atomic E-state index is 15.6. The third-order valence-corrected chi connectivity index (χ3v) is 9.95. The van der Waals surface area contributed by atoms with Crippen LogP contribution in [0.1, 0.15) is 0 Å². The predicted octanol–water partition coefficient (Wildman–Crippen LogP) is 7.31. The van der Waals surface area contributed by atoms with Gasteiger partial charge in [-0.05, 0) is 33.7 Å². The lowest BCUT2D eigenvalue weighted by Crippen LogP contribution is -2.26. The molecule has 0 N–H and O–H groups in total. The summed E-state index contributed by atoms with van der Waals surface area (Å²) in [6.07, 6.45) is 0. The molecule has 0 aliphatic rings. The molecule has 0 spiro atoms. The molecule has 0 bridgehead atoms. The molecule has 0 amide bonds. The molecule has 0 heterocycles. The van der Waals surface area contributed by atoms with Crippen LogP contribution >= 0.6 is 7.14 Å². The highest BCUT2D eigenvalue weighted by atomic mass is 31.2. The van der Waals surface area contributed by atoms with Crippen LogP contribution in [0.5, 0.6) is 5.75 Å². The molecule has 6 aromatic carbocycles. The molecule has 0 saturated heterocycles. The van der Waals surface area contributed by atoms with E-state index in [2.05, 4.69) is 42.5 Å². The van der Waals surface area contributed by atoms with Gasteiger partial charge in [0.05, 0.1) is 7.11 Å². The Hall–Kier alpha value is -4.13. The molecule has 0 fully saturated rings. The van der Waals surface area contributed by atoms with Gasteiger partial charge in [0.1, 0.15) is 5.75 Å². The molecule has 2 nitrogen and oxygen atoms in total. The Balaban J connectivity index is 1.82. The Kier molecular flexibility index (Phi) is 5.68. The van der Waals surface area contributed by atoms with Crippen molar-refractivity contribution in [3.05, 3.63) is 133 Å². The number of rotatable bonds is 5. The number of hydrogen-bond acceptors (Lipinski definition) is 2. The molecule has 0 aliphatic heterocycles. The van der Waals surface area contributed by atoms with E-state index in [-0.39, 0.29) is 0 Å². The molecule has 0 unspecified atom stereocenters. The second-order valence-corrected chi connectivity index (χ2v) is 11.6. The minimum Gasteiger partial charge on any atom is -0.496 e. The van der Waals surface area contributed by atoms with Crippen molar-refractivity contribution < 1.29 is 9.30 Å². The van der Waals surface area contributed by atoms with Gasteiger partial charge in [-0.15, -0.1) is 0 Å². The van der Waals surface area contributed by atoms with E-state index >= 15 is 4.57 Å². The zero-order chi connectivity index (χ0) is 24.5. The van der Waals surface area contributed by atoms with Gasteiger partial charge in [0.25, 0.3) is 0 Å². The van der Waals surface area contributed by atoms with Gasteiger partial charge < -0.3 is 9.30 Å². The number of ether oxygens (including phenoxy) is 1. The van der Waals surface area contributed by atoms with E-state index in [9.17, 15) is 0 Å². The molecule has 0 aromatic heterocycles. The van der Waals surface area contributed by atoms with Crippen molar-refractivity contribution in [2.75, 3.05) is 7.11 Å². The van der Waals surface area contributed by atoms with Crippen molar-refractivity contribution in [3.63, 3.8) is 0 Å². The molecule has 0 saturated carbocycles. The van der Waals surface area contributed by atoms with Crippen molar-refractivity contribution in [1.29, 1.82) is 0 Å². The lowest BCUT2D eigenvalue weighted by Gasteiger charge is -2.25. The van der Waals surface area contributed by atoms with Crippen LogP contribution in [0, 0.1) is 0 Å². The van der Waals surface area contributed by atoms with Crippen LogP contribution in [-0.2, 0) is 4.57 Å². The quantitative estimate of drug-likeness (QED) is 0.240. The Morgan fingerprint density at radius 1 is 0.500 bits per heavy atom. The average molecular weight is 485 g/mol. The summed E-state index contributed by atoms with van der Waals surface area (Å²) in [5.41, 5.74) is 1.92. The van der Waals surface area contributed by atoms with Crippen molar-refractivity contribution in [3.8, 4) is 16.9 Å². The van der Waals surface area contributed by atoms with E-state index in [1.807, 2.05) is 91.0 Å². The molecular formula is C33H25O2P. The molecule has 36 heavy (non-hydrogen) atoms. The smallest absolute Gasteiger partial charge is 0.171 e. The Bertz CT molecular complexity index is 1700. The molecule has 6 aromatic rings. The minimum absolute atomic E-state index is 0.763. The number of fused-ring (bicyclic) bond motifs is 2. The number of benzene rings is 6. The summed E-state index contributed by atoms with van der Waals surface area (Å²) < 4.78 is 21.5. The van der Waals surface area contributed by atoms with Crippen LogP contribution < -0.4 is 20.7 Å². The van der Waals surface area contributed by atoms with Gasteiger partial charge in [0.15, 0.2) is 7.14 Å². The fourth-order valence-corrected chi connectivity index (χ4v) is 8.04. The van der Waals surface area contributed by atoms with Gasteiger partial charge in [0.2, 0.25) is 0 Å². The van der Waals surface area contributed by atoms with Crippen molar-refractivity contribution in [2.45, 2.75) is 0 Å². The Morgan fingerprint density at radius 3 is 1.53 bits per heavy atom. The predicted molar refractivity (Wildman–Crippen MR) is 153 cm³/mol. The van der Waals surface area contributed by atoms with Gasteiger partial charge in [-0.3, -0.25) is 0 Å². The van der Waals surface area contributed by atoms with Crippen LogP contribution in [0.4, 0.5) is 0 Å². The number of hydrogen-bond donors (Lipinski definition) is 0. The zero-order valence-electron chi connectivity index (χ0n) is 20.0. The van der Waals surface area contributed by atoms with Gasteiger partial charge in [-0.2, -0.15) is 0 Å². The fraction of sp³-hybridized carbons (Fsp3) is 0.0303. The SMILES string of the molecule is COc1ccc2ccccc2c1-c1c(P(=O)(c2ccccc2)c2ccccc2)ccc2ccccc12. The lowest BCUT2D eigenvalue weighted by molar-refractivity contribution is 0.417. The first-order valence-corrected chi connectivity index (χ1v) is 13.7. The van der Waals surface area contributed by atoms with Crippen molar-refractivity contribution in [2.24, 2.45) is 0 Å². The van der Waals surface area contributed by atoms with E-state index in [0.717, 1.165) is 54.3 Å². The number of methoxy groups -OCH3 is 1. The molecule has 0 radical (unpaired) electrons. The summed E-state index contributed by atoms with van der Waals surface area (Å²) in [5.74, 6) is 0.763. The van der Waals surface area contributed by atoms with Gasteiger partial charge in [-0.25, -0.2) is 0 Å². The first-order valence-electron chi connectivity index (χ1n) is 12.0. The molecule has 3 heteroatoms. The first kappa shape index (κ1) is 22.3. The summed E-state index contributed by atoms with van der Waals surface area (Å²) in [4.78, 5) is 0. The summed E-state index contributed by atoms with van der Waals surface area (Å²) in [7, 11) is -1.55. The van der Waals surface area contributed by atoms with Crippen molar-refractivity contribution in [1.82, 2.24) is 0 Å². The first-order chi connectivity index (χ1) is 17.7. The van der Waals surface area contributed by atoms with E-state index in [1.54, 1.807) is 7.11 Å². The largest absolute Gasteiger partial charge is 0.496 e. The third kappa shape index (κ3) is 3.54. The lowest BCUT2D eigenvalue weighted by atomic mass is 9.93. The molecule has 0 atom stereocenters. The van der Waals surface area contributed by atoms with E-state index in [4.69, 9.17) is 4.74 Å². The monoisotopic (exact) mass is 484 g/mol. The Labute approximate surface area is 211 Å². The second kappa shape index (κ2) is 9.15. The topological polar surface area (TPSA) is 26.3 Å². The van der Waals surface area contributed by atoms with Crippen LogP contribution in [0.15, 0.2) is 133 Å². The molecule has 6 rings (SSSR count). The third-order valence-electron chi connectivity index (χ3n) is 6.85. The van der Waals surface area contributed by atoms with E-state index in [1.165, 1.54) is 0 Å². The summed E-state index contributed by atoms with van der Waals surface area (Å²) in [6, 6.07) is 44.6. The average Bonchev–Trinajstić information content (AvgIpc) is 2.96. The van der Waals surface area contributed by atoms with Crippen LogP contribution in [-0.4, -0.2) is 7.11 Å². The van der Waals surface area contributed by atoms with Crippen molar-refractivity contribution >= 4 is 44.6 Å². The highest BCUT2D eigenvalue weighted by Crippen LogP contribution is 2.49. The van der Waals surface area contributed by atoms with Gasteiger partial charge in [0, 0.05) is 27.0 Å². The van der Waals surface area contributed by atoms with Crippen LogP contribution in [0.25, 0.3) is 32.7 Å². The van der Waals surface area contributed by atoms with Crippen LogP contribution in [0.2, 0.25) is 0 Å². The van der Waals surface area contributed by atoms with E-state index in [0.29, 0.717) is 0 Å². The second-order valence-electron chi connectivity index (χ2n) is 8.83. The highest BCUT2D eigenvalue weighted by Gasteiger charge is 2.34. The maximum Gasteiger partial charge on any atom is 0.171 e. The Morgan fingerprint density at radius 2 is 0.972 bits per heavy atom. The highest BCUT2D eigenvalue weighted by molar-refractivity contribution is 7.85. The van der Waals surface area contributed by atoms with Gasteiger partial charge >= 0.3 is 0 Å². The summed E-state index contributed by atoms with van der Waals surface area (Å²) in [5, 5.41) is 6.77. The minimum atomic E-state index is -3.25. The van der Waals surface area contributed by atoms with Gasteiger partial charge in [-0.1, -0.05) is 121 Å². The molecule has 0 aliphatic carbocycles. The molecular weight excluding hydrogens is 459 g/mol. The summed E-state index contributed by atoms with van der Waals surface area (Å²) in [6.45, 7) is 0. The molecule has 174 valence electrons.